The zero-order valence-corrected chi connectivity index (χ0v) is 21.2. The van der Waals surface area contributed by atoms with Gasteiger partial charge in [0.2, 0.25) is 0 Å². The van der Waals surface area contributed by atoms with Crippen LogP contribution >= 0.6 is 11.9 Å². The Bertz CT molecular complexity index is 1180. The average Bonchev–Trinajstić information content (AvgIpc) is 3.17. The lowest BCUT2D eigenvalue weighted by atomic mass is 10.1. The Balaban J connectivity index is 1.67. The van der Waals surface area contributed by atoms with Gasteiger partial charge in [0, 0.05) is 40.9 Å². The summed E-state index contributed by atoms with van der Waals surface area (Å²) in [5, 5.41) is 2.53. The zero-order chi connectivity index (χ0) is 27.2. The number of hydrogen-bond donors (Lipinski definition) is 2. The van der Waals surface area contributed by atoms with Crippen LogP contribution in [0.25, 0.3) is 0 Å². The molecule has 1 heterocycles. The molecule has 0 saturated carbocycles. The third-order valence-electron chi connectivity index (χ3n) is 4.95. The molecule has 0 aromatic heterocycles. The number of carbonyl (C=O) groups excluding carboxylic acids is 2. The Kier molecular flexibility index (Phi) is 9.09. The minimum Gasteiger partial charge on any atom is -0.444 e. The highest BCUT2D eigenvalue weighted by atomic mass is 32.2. The lowest BCUT2D eigenvalue weighted by Crippen LogP contribution is -2.44. The Morgan fingerprint density at radius 2 is 1.86 bits per heavy atom. The van der Waals surface area contributed by atoms with Crippen molar-refractivity contribution in [1.82, 2.24) is 10.2 Å². The number of nitrogens with one attached hydrogen (secondary N) is 1. The topological polar surface area (TPSA) is 106 Å². The van der Waals surface area contributed by atoms with Crippen molar-refractivity contribution in [2.75, 3.05) is 13.1 Å². The number of ether oxygens (including phenoxy) is 2. The molecular weight excluding hydrogens is 509 g/mol. The van der Waals surface area contributed by atoms with Crippen LogP contribution in [0.3, 0.4) is 0 Å². The number of alkyl halides is 2. The van der Waals surface area contributed by atoms with Crippen molar-refractivity contribution in [1.29, 1.82) is 0 Å². The van der Waals surface area contributed by atoms with Gasteiger partial charge in [-0.05, 0) is 62.7 Å². The first kappa shape index (κ1) is 27.9. The van der Waals surface area contributed by atoms with Gasteiger partial charge in [0.05, 0.1) is 6.54 Å². The summed E-state index contributed by atoms with van der Waals surface area (Å²) in [6.07, 6.45) is 0.688. The fraction of sp³-hybridized carbons (Fsp3) is 0.320. The predicted octanol–water partition coefficient (Wildman–Crippen LogP) is 4.83. The molecule has 198 valence electrons. The van der Waals surface area contributed by atoms with E-state index in [9.17, 15) is 22.8 Å². The maximum Gasteiger partial charge on any atom is 0.408 e. The van der Waals surface area contributed by atoms with Crippen LogP contribution in [0, 0.1) is 5.82 Å². The van der Waals surface area contributed by atoms with Gasteiger partial charge in [-0.2, -0.15) is 8.78 Å². The van der Waals surface area contributed by atoms with Crippen molar-refractivity contribution in [2.24, 2.45) is 10.1 Å². The van der Waals surface area contributed by atoms with E-state index in [0.717, 1.165) is 11.9 Å². The summed E-state index contributed by atoms with van der Waals surface area (Å²) in [5.41, 5.74) is 6.59. The molecule has 3 N–H and O–H groups in total. The van der Waals surface area contributed by atoms with Gasteiger partial charge >= 0.3 is 12.7 Å². The number of benzene rings is 2. The highest BCUT2D eigenvalue weighted by Crippen LogP contribution is 2.25. The largest absolute Gasteiger partial charge is 0.444 e. The van der Waals surface area contributed by atoms with Crippen molar-refractivity contribution >= 4 is 30.2 Å². The molecule has 1 aliphatic rings. The summed E-state index contributed by atoms with van der Waals surface area (Å²) in [6, 6.07) is 10.1. The third kappa shape index (κ3) is 8.45. The first-order valence-electron chi connectivity index (χ1n) is 11.2. The highest BCUT2D eigenvalue weighted by Gasteiger charge is 2.33. The molecule has 1 atom stereocenters. The van der Waals surface area contributed by atoms with E-state index in [2.05, 4.69) is 14.5 Å². The van der Waals surface area contributed by atoms with Gasteiger partial charge in [0.25, 0.3) is 5.91 Å². The molecule has 1 unspecified atom stereocenters. The zero-order valence-electron chi connectivity index (χ0n) is 20.4. The quantitative estimate of drug-likeness (QED) is 0.370. The molecule has 2 amide bonds. The number of nitrogens with zero attached hydrogens (tertiary/aromatic N) is 2. The van der Waals surface area contributed by atoms with Gasteiger partial charge in [-0.15, -0.1) is 0 Å². The van der Waals surface area contributed by atoms with Crippen LogP contribution in [-0.2, 0) is 9.53 Å². The molecule has 1 aliphatic heterocycles. The number of carbonyl (C=O) groups is 2. The molecule has 0 fully saturated rings. The molecule has 8 nitrogen and oxygen atoms in total. The van der Waals surface area contributed by atoms with E-state index in [1.807, 2.05) is 0 Å². The van der Waals surface area contributed by atoms with Gasteiger partial charge in [-0.1, -0.05) is 12.1 Å². The summed E-state index contributed by atoms with van der Waals surface area (Å²) >= 11 is 1.08. The molecule has 0 bridgehead atoms. The van der Waals surface area contributed by atoms with E-state index in [-0.39, 0.29) is 24.4 Å². The number of amides is 2. The molecule has 12 heteroatoms. The van der Waals surface area contributed by atoms with Crippen LogP contribution in [0.5, 0.6) is 5.75 Å². The van der Waals surface area contributed by atoms with Crippen LogP contribution in [0.2, 0.25) is 0 Å². The fourth-order valence-corrected chi connectivity index (χ4v) is 3.92. The van der Waals surface area contributed by atoms with Crippen molar-refractivity contribution in [3.63, 3.8) is 0 Å². The van der Waals surface area contributed by atoms with E-state index in [1.165, 1.54) is 47.5 Å². The van der Waals surface area contributed by atoms with Gasteiger partial charge in [0.15, 0.2) is 0 Å². The first-order valence-corrected chi connectivity index (χ1v) is 11.9. The van der Waals surface area contributed by atoms with Crippen LogP contribution in [0.4, 0.5) is 18.0 Å². The second kappa shape index (κ2) is 12.0. The van der Waals surface area contributed by atoms with Gasteiger partial charge < -0.3 is 25.4 Å². The molecule has 0 spiro atoms. The van der Waals surface area contributed by atoms with Crippen molar-refractivity contribution in [2.45, 2.75) is 43.9 Å². The summed E-state index contributed by atoms with van der Waals surface area (Å²) < 4.78 is 52.3. The van der Waals surface area contributed by atoms with Crippen molar-refractivity contribution < 1.29 is 32.2 Å². The fourth-order valence-electron chi connectivity index (χ4n) is 3.36. The van der Waals surface area contributed by atoms with Crippen LogP contribution < -0.4 is 15.8 Å². The smallest absolute Gasteiger partial charge is 0.408 e. The second-order valence-corrected chi connectivity index (χ2v) is 9.92. The Labute approximate surface area is 216 Å². The van der Waals surface area contributed by atoms with E-state index >= 15 is 0 Å². The summed E-state index contributed by atoms with van der Waals surface area (Å²) in [5.74, 6) is -1.02. The Morgan fingerprint density at radius 3 is 2.49 bits per heavy atom. The minimum absolute atomic E-state index is 0.0353. The summed E-state index contributed by atoms with van der Waals surface area (Å²) in [4.78, 5) is 27.9. The maximum atomic E-state index is 13.9. The third-order valence-corrected chi connectivity index (χ3v) is 5.65. The van der Waals surface area contributed by atoms with E-state index in [1.54, 1.807) is 32.9 Å². The number of hydrogen-bond acceptors (Lipinski definition) is 7. The molecule has 2 aromatic carbocycles. The monoisotopic (exact) mass is 536 g/mol. The van der Waals surface area contributed by atoms with Gasteiger partial charge in [0.1, 0.15) is 23.2 Å². The van der Waals surface area contributed by atoms with E-state index in [4.69, 9.17) is 10.5 Å². The van der Waals surface area contributed by atoms with Crippen LogP contribution in [0.15, 0.2) is 69.1 Å². The minimum atomic E-state index is -2.90. The van der Waals surface area contributed by atoms with E-state index < -0.39 is 36.1 Å². The maximum absolute atomic E-state index is 13.9. The van der Waals surface area contributed by atoms with Crippen molar-refractivity contribution in [3.8, 4) is 5.75 Å². The normalized spacial score (nSPS) is 14.8. The Morgan fingerprint density at radius 1 is 1.16 bits per heavy atom. The average molecular weight is 537 g/mol. The summed E-state index contributed by atoms with van der Waals surface area (Å²) in [6.45, 7) is 2.37. The molecule has 3 rings (SSSR count). The predicted molar refractivity (Wildman–Crippen MR) is 134 cm³/mol. The van der Waals surface area contributed by atoms with Crippen LogP contribution in [0.1, 0.15) is 32.4 Å². The lowest BCUT2D eigenvalue weighted by Gasteiger charge is -2.26. The molecule has 2 aromatic rings. The molecule has 0 saturated heterocycles. The van der Waals surface area contributed by atoms with Gasteiger partial charge in [-0.3, -0.25) is 4.79 Å². The number of nitrogens with two attached hydrogens (primary N) is 1. The Hall–Kier alpha value is -3.67. The summed E-state index contributed by atoms with van der Waals surface area (Å²) in [7, 11) is 0. The molecular formula is C25H27F3N4O4S. The molecule has 0 aliphatic carbocycles. The molecule has 0 radical (unpaired) electrons. The van der Waals surface area contributed by atoms with Gasteiger partial charge in [-0.25, -0.2) is 13.6 Å². The molecule has 37 heavy (non-hydrogen) atoms. The van der Waals surface area contributed by atoms with Crippen molar-refractivity contribution in [3.05, 3.63) is 71.2 Å². The van der Waals surface area contributed by atoms with Crippen LogP contribution in [-0.4, -0.2) is 48.4 Å². The number of alkyl carbamates (subject to hydrolysis) is 1. The number of halogens is 3. The highest BCUT2D eigenvalue weighted by molar-refractivity contribution is 7.98. The lowest BCUT2D eigenvalue weighted by molar-refractivity contribution is -0.132. The van der Waals surface area contributed by atoms with E-state index in [0.29, 0.717) is 16.2 Å². The second-order valence-electron chi connectivity index (χ2n) is 9.05. The standard InChI is InChI=1S/C25H27F3N4O4S/c1-25(2,3)36-24(34)31-21(15-5-4-6-17(26)11-15)22(33)32-13-16(20(29)14-32)12-30-37-19-9-7-18(8-10-19)35-23(27)28/h4-12,21,23H,13-14,29H2,1-3H3,(H,31,34). The number of rotatable bonds is 8. The SMILES string of the molecule is CC(C)(C)OC(=O)NC(C(=O)N1CC(N)=C(C=NSc2ccc(OC(F)F)cc2)C1)c1cccc(F)c1. The first-order chi connectivity index (χ1) is 17.4.